The first-order valence-corrected chi connectivity index (χ1v) is 9.52. The van der Waals surface area contributed by atoms with Crippen LogP contribution in [-0.4, -0.2) is 47.7 Å². The zero-order valence-corrected chi connectivity index (χ0v) is 15.3. The molecule has 2 aliphatic rings. The largest absolute Gasteiger partial charge is 0.490 e. The van der Waals surface area contributed by atoms with E-state index in [1.165, 1.54) is 25.7 Å². The summed E-state index contributed by atoms with van der Waals surface area (Å²) in [6.07, 6.45) is 7.06. The Balaban J connectivity index is 1.79. The molecule has 2 fully saturated rings. The summed E-state index contributed by atoms with van der Waals surface area (Å²) in [6.45, 7) is 2.62. The van der Waals surface area contributed by atoms with Crippen LogP contribution in [-0.2, 0) is 4.79 Å². The monoisotopic (exact) mass is 361 g/mol. The summed E-state index contributed by atoms with van der Waals surface area (Å²) in [4.78, 5) is 25.9. The van der Waals surface area contributed by atoms with Gasteiger partial charge >= 0.3 is 5.97 Å². The van der Waals surface area contributed by atoms with Crippen LogP contribution in [0, 0.1) is 5.92 Å². The first-order chi connectivity index (χ1) is 12.6. The van der Waals surface area contributed by atoms with Gasteiger partial charge in [0.1, 0.15) is 0 Å². The molecule has 1 saturated carbocycles. The number of rotatable bonds is 6. The molecule has 1 aliphatic heterocycles. The summed E-state index contributed by atoms with van der Waals surface area (Å²) >= 11 is 0. The van der Waals surface area contributed by atoms with Gasteiger partial charge < -0.3 is 19.5 Å². The molecule has 0 unspecified atom stereocenters. The van der Waals surface area contributed by atoms with Gasteiger partial charge in [-0.25, -0.2) is 4.79 Å². The van der Waals surface area contributed by atoms with Gasteiger partial charge in [0, 0.05) is 18.2 Å². The molecular formula is C20H27NO5. The van der Waals surface area contributed by atoms with Gasteiger partial charge in [-0.2, -0.15) is 0 Å². The maximum atomic E-state index is 13.1. The number of fused-ring (bicyclic) bond motifs is 1. The lowest BCUT2D eigenvalue weighted by Crippen LogP contribution is -2.49. The molecule has 0 radical (unpaired) electrons. The van der Waals surface area contributed by atoms with Crippen LogP contribution < -0.4 is 9.47 Å². The fourth-order valence-electron chi connectivity index (χ4n) is 4.21. The maximum Gasteiger partial charge on any atom is 0.341 e. The molecule has 1 aliphatic carbocycles. The number of carboxylic acid groups (broad SMARTS) is 1. The molecule has 1 aromatic rings. The number of hydrogen-bond acceptors (Lipinski definition) is 4. The van der Waals surface area contributed by atoms with Crippen LogP contribution in [0.25, 0.3) is 0 Å². The molecule has 0 spiro atoms. The average molecular weight is 361 g/mol. The first-order valence-electron chi connectivity index (χ1n) is 9.52. The Morgan fingerprint density at radius 1 is 1.12 bits per heavy atom. The van der Waals surface area contributed by atoms with Crippen molar-refractivity contribution < 1.29 is 24.2 Å². The van der Waals surface area contributed by atoms with Gasteiger partial charge in [0.15, 0.2) is 18.1 Å². The van der Waals surface area contributed by atoms with E-state index in [1.54, 1.807) is 18.2 Å². The molecule has 1 aromatic carbocycles. The number of aliphatic carboxylic acids is 1. The van der Waals surface area contributed by atoms with Crippen LogP contribution >= 0.6 is 0 Å². The minimum atomic E-state index is -1.05. The molecule has 1 amide bonds. The summed E-state index contributed by atoms with van der Waals surface area (Å²) < 4.78 is 10.8. The number of carbonyl (C=O) groups excluding carboxylic acids is 1. The molecular weight excluding hydrogens is 334 g/mol. The van der Waals surface area contributed by atoms with Crippen molar-refractivity contribution in [1.82, 2.24) is 4.90 Å². The third-order valence-corrected chi connectivity index (χ3v) is 5.35. The van der Waals surface area contributed by atoms with Gasteiger partial charge in [-0.1, -0.05) is 12.8 Å². The topological polar surface area (TPSA) is 76.1 Å². The molecule has 6 nitrogen and oxygen atoms in total. The molecule has 1 N–H and O–H groups in total. The first kappa shape index (κ1) is 18.5. The molecule has 1 heterocycles. The maximum absolute atomic E-state index is 13.1. The Kier molecular flexibility index (Phi) is 6.01. The predicted octanol–water partition coefficient (Wildman–Crippen LogP) is 3.34. The van der Waals surface area contributed by atoms with Gasteiger partial charge in [-0.15, -0.1) is 0 Å². The highest BCUT2D eigenvalue weighted by Crippen LogP contribution is 2.37. The number of hydrogen-bond donors (Lipinski definition) is 1. The molecule has 26 heavy (non-hydrogen) atoms. The summed E-state index contributed by atoms with van der Waals surface area (Å²) in [5, 5.41) is 8.79. The van der Waals surface area contributed by atoms with Crippen LogP contribution in [0.15, 0.2) is 18.2 Å². The van der Waals surface area contributed by atoms with Crippen molar-refractivity contribution in [2.45, 2.75) is 51.5 Å². The Hall–Kier alpha value is -2.24. The third-order valence-electron chi connectivity index (χ3n) is 5.35. The quantitative estimate of drug-likeness (QED) is 0.841. The van der Waals surface area contributed by atoms with E-state index in [0.717, 1.165) is 19.4 Å². The minimum Gasteiger partial charge on any atom is -0.490 e. The number of carboxylic acids is 1. The van der Waals surface area contributed by atoms with Crippen molar-refractivity contribution in [3.63, 3.8) is 0 Å². The van der Waals surface area contributed by atoms with Crippen LogP contribution in [0.2, 0.25) is 0 Å². The van der Waals surface area contributed by atoms with Crippen molar-refractivity contribution in [2.75, 3.05) is 19.8 Å². The minimum absolute atomic E-state index is 0.0346. The second kappa shape index (κ2) is 8.43. The second-order valence-electron chi connectivity index (χ2n) is 7.03. The SMILES string of the molecule is CCOc1cc(C(=O)N2CCC[C@H]3CCCC[C@H]32)ccc1OCC(=O)O. The number of benzene rings is 1. The highest BCUT2D eigenvalue weighted by atomic mass is 16.5. The molecule has 3 rings (SSSR count). The fraction of sp³-hybridized carbons (Fsp3) is 0.600. The normalized spacial score (nSPS) is 22.4. The van der Waals surface area contributed by atoms with Crippen molar-refractivity contribution >= 4 is 11.9 Å². The number of carbonyl (C=O) groups is 2. The van der Waals surface area contributed by atoms with E-state index < -0.39 is 12.6 Å². The second-order valence-corrected chi connectivity index (χ2v) is 7.03. The highest BCUT2D eigenvalue weighted by Gasteiger charge is 2.36. The lowest BCUT2D eigenvalue weighted by atomic mass is 9.78. The van der Waals surface area contributed by atoms with Gasteiger partial charge in [-0.3, -0.25) is 4.79 Å². The summed E-state index contributed by atoms with van der Waals surface area (Å²) in [5.41, 5.74) is 0.572. The zero-order valence-electron chi connectivity index (χ0n) is 15.3. The van der Waals surface area contributed by atoms with Crippen molar-refractivity contribution in [1.29, 1.82) is 0 Å². The van der Waals surface area contributed by atoms with Crippen LogP contribution in [0.3, 0.4) is 0 Å². The molecule has 2 atom stereocenters. The molecule has 0 aromatic heterocycles. The lowest BCUT2D eigenvalue weighted by Gasteiger charge is -2.44. The number of likely N-dealkylation sites (tertiary alicyclic amines) is 1. The van der Waals surface area contributed by atoms with Crippen LogP contribution in [0.5, 0.6) is 11.5 Å². The van der Waals surface area contributed by atoms with Gasteiger partial charge in [0.05, 0.1) is 6.61 Å². The predicted molar refractivity (Wildman–Crippen MR) is 96.8 cm³/mol. The van der Waals surface area contributed by atoms with E-state index in [9.17, 15) is 9.59 Å². The van der Waals surface area contributed by atoms with Gasteiger partial charge in [-0.05, 0) is 56.7 Å². The summed E-state index contributed by atoms with van der Waals surface area (Å²) in [6, 6.07) is 5.36. The van der Waals surface area contributed by atoms with E-state index in [2.05, 4.69) is 0 Å². The van der Waals surface area contributed by atoms with E-state index >= 15 is 0 Å². The molecule has 1 saturated heterocycles. The fourth-order valence-corrected chi connectivity index (χ4v) is 4.21. The highest BCUT2D eigenvalue weighted by molar-refractivity contribution is 5.95. The molecule has 6 heteroatoms. The van der Waals surface area contributed by atoms with Gasteiger partial charge in [0.25, 0.3) is 5.91 Å². The standard InChI is InChI=1S/C20H27NO5/c1-2-25-18-12-15(9-10-17(18)26-13-19(22)23)20(24)21-11-5-7-14-6-3-4-8-16(14)21/h9-10,12,14,16H,2-8,11,13H2,1H3,(H,22,23)/t14-,16-/m1/s1. The number of piperidine rings is 1. The van der Waals surface area contributed by atoms with Crippen LogP contribution in [0.4, 0.5) is 0 Å². The van der Waals surface area contributed by atoms with Crippen molar-refractivity contribution in [3.05, 3.63) is 23.8 Å². The Morgan fingerprint density at radius 2 is 1.88 bits per heavy atom. The molecule has 0 bridgehead atoms. The van der Waals surface area contributed by atoms with E-state index in [4.69, 9.17) is 14.6 Å². The lowest BCUT2D eigenvalue weighted by molar-refractivity contribution is -0.139. The Morgan fingerprint density at radius 3 is 2.65 bits per heavy atom. The van der Waals surface area contributed by atoms with E-state index in [-0.39, 0.29) is 5.91 Å². The van der Waals surface area contributed by atoms with Gasteiger partial charge in [0.2, 0.25) is 0 Å². The van der Waals surface area contributed by atoms with Crippen molar-refractivity contribution in [2.24, 2.45) is 5.92 Å². The number of amides is 1. The smallest absolute Gasteiger partial charge is 0.341 e. The Bertz CT molecular complexity index is 658. The summed E-state index contributed by atoms with van der Waals surface area (Å²) in [5.74, 6) is 0.374. The van der Waals surface area contributed by atoms with Crippen molar-refractivity contribution in [3.8, 4) is 11.5 Å². The summed E-state index contributed by atoms with van der Waals surface area (Å²) in [7, 11) is 0. The molecule has 142 valence electrons. The van der Waals surface area contributed by atoms with E-state index in [0.29, 0.717) is 35.6 Å². The third kappa shape index (κ3) is 4.11. The van der Waals surface area contributed by atoms with Crippen LogP contribution in [0.1, 0.15) is 55.8 Å². The van der Waals surface area contributed by atoms with E-state index in [1.807, 2.05) is 11.8 Å². The average Bonchev–Trinajstić information content (AvgIpc) is 2.66. The Labute approximate surface area is 154 Å². The number of nitrogens with zero attached hydrogens (tertiary/aromatic N) is 1. The zero-order chi connectivity index (χ0) is 18.5. The number of ether oxygens (including phenoxy) is 2.